The van der Waals surface area contributed by atoms with Gasteiger partial charge in [0.25, 0.3) is 0 Å². The molecule has 1 heterocycles. The minimum atomic E-state index is -0.653. The number of aliphatic carboxylic acids is 1. The molecular formula is C14H20BBrNO4S. The van der Waals surface area contributed by atoms with Crippen LogP contribution in [-0.2, 0) is 14.3 Å². The number of fused-ring (bicyclic) bond motifs is 2. The molecule has 121 valence electrons. The number of carbonyl (C=O) groups excluding carboxylic acids is 1. The Hall–Kier alpha value is -0.625. The molecule has 1 aliphatic heterocycles. The van der Waals surface area contributed by atoms with Gasteiger partial charge in [0.2, 0.25) is 0 Å². The molecule has 0 aromatic heterocycles. The van der Waals surface area contributed by atoms with Crippen LogP contribution in [0.25, 0.3) is 0 Å². The molecule has 1 N–H and O–H groups in total. The summed E-state index contributed by atoms with van der Waals surface area (Å²) in [7, 11) is 4.34. The van der Waals surface area contributed by atoms with Crippen LogP contribution in [0.5, 0.6) is 0 Å². The van der Waals surface area contributed by atoms with Crippen molar-refractivity contribution < 1.29 is 19.4 Å². The summed E-state index contributed by atoms with van der Waals surface area (Å²) >= 11 is 6.68. The van der Waals surface area contributed by atoms with Gasteiger partial charge in [-0.15, -0.1) is 0 Å². The normalized spacial score (nSPS) is 31.8. The fourth-order valence-electron chi connectivity index (χ4n) is 2.69. The van der Waals surface area contributed by atoms with Gasteiger partial charge in [0.05, 0.1) is 16.7 Å². The molecule has 0 amide bonds. The van der Waals surface area contributed by atoms with Gasteiger partial charge in [-0.3, -0.25) is 9.59 Å². The van der Waals surface area contributed by atoms with Gasteiger partial charge < -0.3 is 9.84 Å². The molecule has 0 aromatic carbocycles. The average Bonchev–Trinajstić information content (AvgIpc) is 2.82. The number of nitrogens with zero attached hydrogens (tertiary/aromatic N) is 1. The minimum absolute atomic E-state index is 0.0203. The van der Waals surface area contributed by atoms with E-state index < -0.39 is 5.97 Å². The molecule has 5 nitrogen and oxygen atoms in total. The van der Waals surface area contributed by atoms with E-state index in [1.165, 1.54) is 0 Å². The number of thiol groups is 1. The topological polar surface area (TPSA) is 76.0 Å². The molecule has 3 rings (SSSR count). The van der Waals surface area contributed by atoms with Gasteiger partial charge in [-0.05, 0) is 38.5 Å². The van der Waals surface area contributed by atoms with Gasteiger partial charge >= 0.3 is 36.7 Å². The van der Waals surface area contributed by atoms with E-state index >= 15 is 0 Å². The molecule has 3 aliphatic rings. The van der Waals surface area contributed by atoms with Gasteiger partial charge in [-0.25, -0.2) is 0 Å². The summed E-state index contributed by atoms with van der Waals surface area (Å²) in [6.45, 7) is 0. The molecular weight excluding hydrogens is 369 g/mol. The summed E-state index contributed by atoms with van der Waals surface area (Å²) in [6, 6.07) is 0. The molecule has 1 saturated heterocycles. The Balaban J connectivity index is 0.000000189. The van der Waals surface area contributed by atoms with Crippen LogP contribution in [-0.4, -0.2) is 35.6 Å². The van der Waals surface area contributed by atoms with E-state index in [1.54, 1.807) is 0 Å². The van der Waals surface area contributed by atoms with Gasteiger partial charge in [0.1, 0.15) is 6.10 Å². The molecule has 4 atom stereocenters. The third-order valence-corrected chi connectivity index (χ3v) is 4.98. The summed E-state index contributed by atoms with van der Waals surface area (Å²) < 4.78 is 7.81. The zero-order valence-electron chi connectivity index (χ0n) is 12.2. The summed E-state index contributed by atoms with van der Waals surface area (Å²) in [5.41, 5.74) is 0. The third kappa shape index (κ3) is 6.24. The predicted molar refractivity (Wildman–Crippen MR) is 91.2 cm³/mol. The molecule has 2 aliphatic carbocycles. The van der Waals surface area contributed by atoms with Crippen LogP contribution in [0.1, 0.15) is 38.5 Å². The zero-order valence-corrected chi connectivity index (χ0v) is 14.7. The summed E-state index contributed by atoms with van der Waals surface area (Å²) in [5.74, 6) is -0.528. The molecule has 1 saturated carbocycles. The second kappa shape index (κ2) is 10.2. The van der Waals surface area contributed by atoms with Crippen LogP contribution in [0.3, 0.4) is 0 Å². The quantitative estimate of drug-likeness (QED) is 0.238. The van der Waals surface area contributed by atoms with Crippen molar-refractivity contribution >= 4 is 48.3 Å². The fraction of sp³-hybridized carbons (Fsp3) is 0.714. The van der Waals surface area contributed by atoms with Crippen molar-refractivity contribution in [3.63, 3.8) is 0 Å². The maximum absolute atomic E-state index is 11.0. The molecule has 0 spiro atoms. The first-order valence-corrected chi connectivity index (χ1v) is 8.57. The summed E-state index contributed by atoms with van der Waals surface area (Å²) in [6.07, 6.45) is 9.65. The van der Waals surface area contributed by atoms with E-state index in [9.17, 15) is 9.59 Å². The summed E-state index contributed by atoms with van der Waals surface area (Å²) in [4.78, 5) is 21.7. The Morgan fingerprint density at radius 1 is 1.41 bits per heavy atom. The van der Waals surface area contributed by atoms with E-state index in [0.717, 1.165) is 38.5 Å². The third-order valence-electron chi connectivity index (χ3n) is 3.93. The van der Waals surface area contributed by atoms with Crippen molar-refractivity contribution in [1.82, 2.24) is 0 Å². The van der Waals surface area contributed by atoms with Gasteiger partial charge in [0.15, 0.2) is 0 Å². The number of rotatable bonds is 1. The predicted octanol–water partition coefficient (Wildman–Crippen LogP) is 3.09. The standard InChI is InChI=1S/C7H9BrO2.C7H10O2.BHNS/c8-5-2-1-4-3-6(5)10-7(4)9;8-7(9)6-4-2-1-3-5-6;1-2-3/h4-6H,1-3H2;1-2,6H,3-5H2,(H,8,9);3H/t4-,5-,6-;6-;/m01./s1. The molecule has 1 radical (unpaired) electrons. The first-order chi connectivity index (χ1) is 10.5. The van der Waals surface area contributed by atoms with Crippen LogP contribution in [0.4, 0.5) is 0 Å². The number of hydrogen-bond donors (Lipinski definition) is 2. The number of alkyl halides is 1. The van der Waals surface area contributed by atoms with Crippen LogP contribution >= 0.6 is 28.7 Å². The number of allylic oxidation sites excluding steroid dienone is 2. The summed E-state index contributed by atoms with van der Waals surface area (Å²) in [5, 5.41) is 8.50. The Bertz CT molecular complexity index is 435. The van der Waals surface area contributed by atoms with Gasteiger partial charge in [0, 0.05) is 0 Å². The average molecular weight is 389 g/mol. The monoisotopic (exact) mass is 388 g/mol. The number of ether oxygens (including phenoxy) is 1. The molecule has 0 unspecified atom stereocenters. The van der Waals surface area contributed by atoms with E-state index in [-0.39, 0.29) is 23.9 Å². The van der Waals surface area contributed by atoms with Crippen molar-refractivity contribution in [2.24, 2.45) is 16.1 Å². The molecule has 0 aromatic rings. The first kappa shape index (κ1) is 19.4. The van der Waals surface area contributed by atoms with Crippen LogP contribution < -0.4 is 0 Å². The number of carbonyl (C=O) groups is 2. The van der Waals surface area contributed by atoms with E-state index in [0.29, 0.717) is 4.83 Å². The van der Waals surface area contributed by atoms with Gasteiger partial charge in [-0.1, -0.05) is 28.1 Å². The Labute approximate surface area is 145 Å². The maximum atomic E-state index is 11.0. The molecule has 2 bridgehead atoms. The van der Waals surface area contributed by atoms with E-state index in [1.807, 2.05) is 12.2 Å². The second-order valence-electron chi connectivity index (χ2n) is 5.44. The SMILES string of the molecule is O=C(O)[C@@H]1CC=CCC1.O=C1O[C@H]2C[C@@H]1CC[C@@H]2Br.[B]=NS. The Morgan fingerprint density at radius 3 is 2.55 bits per heavy atom. The van der Waals surface area contributed by atoms with Crippen molar-refractivity contribution in [1.29, 1.82) is 0 Å². The molecule has 22 heavy (non-hydrogen) atoms. The van der Waals surface area contributed by atoms with E-state index in [2.05, 4.69) is 40.7 Å². The number of halogens is 1. The zero-order chi connectivity index (χ0) is 16.5. The molecule has 2 fully saturated rings. The number of hydrogen-bond acceptors (Lipinski definition) is 5. The number of esters is 1. The molecule has 8 heteroatoms. The van der Waals surface area contributed by atoms with Crippen molar-refractivity contribution in [2.45, 2.75) is 49.5 Å². The Morgan fingerprint density at radius 2 is 2.09 bits per heavy atom. The second-order valence-corrected chi connectivity index (χ2v) is 6.84. The van der Waals surface area contributed by atoms with Crippen LogP contribution in [0.15, 0.2) is 16.5 Å². The van der Waals surface area contributed by atoms with E-state index in [4.69, 9.17) is 9.84 Å². The Kier molecular flexibility index (Phi) is 9.01. The van der Waals surface area contributed by atoms with Gasteiger partial charge in [-0.2, -0.15) is 0 Å². The fourth-order valence-corrected chi connectivity index (χ4v) is 3.28. The number of carboxylic acid groups (broad SMARTS) is 1. The van der Waals surface area contributed by atoms with Crippen LogP contribution in [0.2, 0.25) is 0 Å². The van der Waals surface area contributed by atoms with Crippen LogP contribution in [0, 0.1) is 11.8 Å². The van der Waals surface area contributed by atoms with Crippen molar-refractivity contribution in [3.05, 3.63) is 12.2 Å². The van der Waals surface area contributed by atoms with Crippen molar-refractivity contribution in [2.75, 3.05) is 0 Å². The first-order valence-electron chi connectivity index (χ1n) is 7.26. The van der Waals surface area contributed by atoms with Crippen molar-refractivity contribution in [3.8, 4) is 0 Å². The number of carboxylic acids is 1.